The smallest absolute Gasteiger partial charge is 0.111 e. The van der Waals surface area contributed by atoms with Crippen LogP contribution in [0.3, 0.4) is 0 Å². The predicted octanol–water partition coefficient (Wildman–Crippen LogP) is 2.02. The van der Waals surface area contributed by atoms with Crippen LogP contribution in [0.4, 0.5) is 0 Å². The van der Waals surface area contributed by atoms with Gasteiger partial charge in [0.05, 0.1) is 6.61 Å². The SMILES string of the molecule is CCC(CO)c1ncc(C(C)C)[nH]1. The summed E-state index contributed by atoms with van der Waals surface area (Å²) >= 11 is 0. The Morgan fingerprint density at radius 3 is 2.62 bits per heavy atom. The Labute approximate surface area is 79.2 Å². The largest absolute Gasteiger partial charge is 0.396 e. The number of nitrogens with one attached hydrogen (secondary N) is 1. The van der Waals surface area contributed by atoms with Crippen LogP contribution >= 0.6 is 0 Å². The summed E-state index contributed by atoms with van der Waals surface area (Å²) in [5.74, 6) is 1.54. The van der Waals surface area contributed by atoms with Gasteiger partial charge in [-0.25, -0.2) is 4.98 Å². The fourth-order valence-corrected chi connectivity index (χ4v) is 1.26. The summed E-state index contributed by atoms with van der Waals surface area (Å²) < 4.78 is 0. The highest BCUT2D eigenvalue weighted by molar-refractivity contribution is 5.08. The molecule has 1 unspecified atom stereocenters. The number of imidazole rings is 1. The zero-order valence-electron chi connectivity index (χ0n) is 8.54. The van der Waals surface area contributed by atoms with Gasteiger partial charge in [0.25, 0.3) is 0 Å². The normalized spacial score (nSPS) is 13.6. The summed E-state index contributed by atoms with van der Waals surface area (Å²) in [5.41, 5.74) is 1.14. The van der Waals surface area contributed by atoms with E-state index in [0.717, 1.165) is 17.9 Å². The summed E-state index contributed by atoms with van der Waals surface area (Å²) in [7, 11) is 0. The average Bonchev–Trinajstić information content (AvgIpc) is 2.56. The fraction of sp³-hybridized carbons (Fsp3) is 0.700. The molecule has 1 heterocycles. The molecule has 3 heteroatoms. The van der Waals surface area contributed by atoms with Crippen LogP contribution in [-0.2, 0) is 0 Å². The Hall–Kier alpha value is -0.830. The van der Waals surface area contributed by atoms with Gasteiger partial charge in [-0.05, 0) is 12.3 Å². The third kappa shape index (κ3) is 2.31. The van der Waals surface area contributed by atoms with Crippen LogP contribution in [-0.4, -0.2) is 21.7 Å². The van der Waals surface area contributed by atoms with Crippen LogP contribution in [0.2, 0.25) is 0 Å². The second kappa shape index (κ2) is 4.42. The first-order chi connectivity index (χ1) is 6.19. The molecule has 0 saturated carbocycles. The molecule has 13 heavy (non-hydrogen) atoms. The number of aliphatic hydroxyl groups excluding tert-OH is 1. The van der Waals surface area contributed by atoms with E-state index in [1.165, 1.54) is 0 Å². The zero-order valence-corrected chi connectivity index (χ0v) is 8.54. The molecule has 3 nitrogen and oxygen atoms in total. The lowest BCUT2D eigenvalue weighted by atomic mass is 10.1. The van der Waals surface area contributed by atoms with E-state index in [0.29, 0.717) is 5.92 Å². The van der Waals surface area contributed by atoms with E-state index in [1.54, 1.807) is 0 Å². The first-order valence-electron chi connectivity index (χ1n) is 4.84. The van der Waals surface area contributed by atoms with Crippen molar-refractivity contribution in [2.45, 2.75) is 39.0 Å². The summed E-state index contributed by atoms with van der Waals surface area (Å²) in [6.07, 6.45) is 2.78. The van der Waals surface area contributed by atoms with Crippen LogP contribution in [0.1, 0.15) is 50.5 Å². The van der Waals surface area contributed by atoms with Gasteiger partial charge < -0.3 is 10.1 Å². The molecule has 0 bridgehead atoms. The highest BCUT2D eigenvalue weighted by Crippen LogP contribution is 2.18. The van der Waals surface area contributed by atoms with E-state index in [2.05, 4.69) is 30.7 Å². The Balaban J connectivity index is 2.78. The maximum absolute atomic E-state index is 9.07. The Morgan fingerprint density at radius 2 is 2.23 bits per heavy atom. The molecule has 74 valence electrons. The van der Waals surface area contributed by atoms with Gasteiger partial charge in [0.15, 0.2) is 0 Å². The number of aromatic nitrogens is 2. The minimum absolute atomic E-state index is 0.160. The minimum atomic E-state index is 0.160. The van der Waals surface area contributed by atoms with Gasteiger partial charge in [-0.3, -0.25) is 0 Å². The molecule has 0 amide bonds. The number of aromatic amines is 1. The number of H-pyrrole nitrogens is 1. The van der Waals surface area contributed by atoms with E-state index in [9.17, 15) is 0 Å². The third-order valence-corrected chi connectivity index (χ3v) is 2.34. The lowest BCUT2D eigenvalue weighted by Gasteiger charge is -2.07. The predicted molar refractivity (Wildman–Crippen MR) is 52.8 cm³/mol. The number of rotatable bonds is 4. The van der Waals surface area contributed by atoms with Crippen LogP contribution in [0.15, 0.2) is 6.20 Å². The quantitative estimate of drug-likeness (QED) is 0.748. The van der Waals surface area contributed by atoms with Crippen molar-refractivity contribution in [2.24, 2.45) is 0 Å². The van der Waals surface area contributed by atoms with Crippen molar-refractivity contribution >= 4 is 0 Å². The Morgan fingerprint density at radius 1 is 1.54 bits per heavy atom. The van der Waals surface area contributed by atoms with E-state index < -0.39 is 0 Å². The van der Waals surface area contributed by atoms with E-state index in [-0.39, 0.29) is 12.5 Å². The molecular formula is C10H18N2O. The third-order valence-electron chi connectivity index (χ3n) is 2.34. The van der Waals surface area contributed by atoms with E-state index >= 15 is 0 Å². The first-order valence-corrected chi connectivity index (χ1v) is 4.84. The molecule has 0 aliphatic heterocycles. The fourth-order valence-electron chi connectivity index (χ4n) is 1.26. The first kappa shape index (κ1) is 10.3. The topological polar surface area (TPSA) is 48.9 Å². The molecule has 2 N–H and O–H groups in total. The van der Waals surface area contributed by atoms with Crippen LogP contribution < -0.4 is 0 Å². The van der Waals surface area contributed by atoms with E-state index in [4.69, 9.17) is 5.11 Å². The second-order valence-corrected chi connectivity index (χ2v) is 3.67. The highest BCUT2D eigenvalue weighted by Gasteiger charge is 2.12. The van der Waals surface area contributed by atoms with Crippen LogP contribution in [0, 0.1) is 0 Å². The number of nitrogens with zero attached hydrogens (tertiary/aromatic N) is 1. The van der Waals surface area contributed by atoms with Crippen molar-refractivity contribution in [1.29, 1.82) is 0 Å². The van der Waals surface area contributed by atoms with Gasteiger partial charge in [0.2, 0.25) is 0 Å². The van der Waals surface area contributed by atoms with E-state index in [1.807, 2.05) is 6.20 Å². The van der Waals surface area contributed by atoms with Crippen LogP contribution in [0.25, 0.3) is 0 Å². The number of hydrogen-bond acceptors (Lipinski definition) is 2. The van der Waals surface area contributed by atoms with Gasteiger partial charge in [-0.2, -0.15) is 0 Å². The minimum Gasteiger partial charge on any atom is -0.396 e. The Bertz CT molecular complexity index is 251. The molecule has 1 aromatic heterocycles. The van der Waals surface area contributed by atoms with Crippen molar-refractivity contribution in [3.8, 4) is 0 Å². The summed E-state index contributed by atoms with van der Waals surface area (Å²) in [6, 6.07) is 0. The molecule has 1 aromatic rings. The van der Waals surface area contributed by atoms with Gasteiger partial charge >= 0.3 is 0 Å². The van der Waals surface area contributed by atoms with Crippen molar-refractivity contribution in [3.63, 3.8) is 0 Å². The standard InChI is InChI=1S/C10H18N2O/c1-4-8(6-13)10-11-5-9(12-10)7(2)3/h5,7-8,13H,4,6H2,1-3H3,(H,11,12). The number of aliphatic hydroxyl groups is 1. The second-order valence-electron chi connectivity index (χ2n) is 3.67. The lowest BCUT2D eigenvalue weighted by molar-refractivity contribution is 0.258. The number of hydrogen-bond donors (Lipinski definition) is 2. The Kier molecular flexibility index (Phi) is 3.48. The summed E-state index contributed by atoms with van der Waals surface area (Å²) in [4.78, 5) is 7.51. The van der Waals surface area contributed by atoms with Crippen molar-refractivity contribution in [1.82, 2.24) is 9.97 Å². The summed E-state index contributed by atoms with van der Waals surface area (Å²) in [5, 5.41) is 9.07. The molecule has 0 aliphatic rings. The molecule has 0 aliphatic carbocycles. The molecule has 1 rings (SSSR count). The monoisotopic (exact) mass is 182 g/mol. The molecule has 0 aromatic carbocycles. The highest BCUT2D eigenvalue weighted by atomic mass is 16.3. The molecule has 0 radical (unpaired) electrons. The summed E-state index contributed by atoms with van der Waals surface area (Å²) in [6.45, 7) is 6.47. The van der Waals surface area contributed by atoms with Gasteiger partial charge in [0.1, 0.15) is 5.82 Å². The molecule has 0 saturated heterocycles. The van der Waals surface area contributed by atoms with Gasteiger partial charge in [0, 0.05) is 17.8 Å². The molecule has 1 atom stereocenters. The van der Waals surface area contributed by atoms with Gasteiger partial charge in [-0.15, -0.1) is 0 Å². The van der Waals surface area contributed by atoms with Crippen molar-refractivity contribution < 1.29 is 5.11 Å². The molecule has 0 fully saturated rings. The van der Waals surface area contributed by atoms with Crippen molar-refractivity contribution in [3.05, 3.63) is 17.7 Å². The maximum atomic E-state index is 9.07. The lowest BCUT2D eigenvalue weighted by Crippen LogP contribution is -2.04. The molecular weight excluding hydrogens is 164 g/mol. The molecule has 0 spiro atoms. The average molecular weight is 182 g/mol. The maximum Gasteiger partial charge on any atom is 0.111 e. The van der Waals surface area contributed by atoms with Gasteiger partial charge in [-0.1, -0.05) is 20.8 Å². The zero-order chi connectivity index (χ0) is 9.84. The van der Waals surface area contributed by atoms with Crippen molar-refractivity contribution in [2.75, 3.05) is 6.61 Å². The van der Waals surface area contributed by atoms with Crippen LogP contribution in [0.5, 0.6) is 0 Å².